The van der Waals surface area contributed by atoms with Crippen molar-refractivity contribution in [1.29, 1.82) is 5.26 Å². The molecule has 5 aromatic rings. The quantitative estimate of drug-likeness (QED) is 0.367. The van der Waals surface area contributed by atoms with Crippen LogP contribution in [0.15, 0.2) is 82.6 Å². The van der Waals surface area contributed by atoms with Gasteiger partial charge in [-0.2, -0.15) is 10.2 Å². The van der Waals surface area contributed by atoms with Gasteiger partial charge in [0.25, 0.3) is 0 Å². The zero-order valence-electron chi connectivity index (χ0n) is 19.9. The van der Waals surface area contributed by atoms with Crippen molar-refractivity contribution in [3.8, 4) is 17.5 Å². The van der Waals surface area contributed by atoms with Crippen LogP contribution in [0.2, 0.25) is 0 Å². The van der Waals surface area contributed by atoms with Crippen LogP contribution in [0, 0.1) is 23.0 Å². The van der Waals surface area contributed by atoms with E-state index < -0.39 is 23.0 Å². The predicted octanol–water partition coefficient (Wildman–Crippen LogP) is 3.89. The fourth-order valence-corrected chi connectivity index (χ4v) is 4.00. The van der Waals surface area contributed by atoms with Crippen LogP contribution in [-0.4, -0.2) is 26.2 Å². The summed E-state index contributed by atoms with van der Waals surface area (Å²) in [4.78, 5) is 35.2. The molecule has 0 saturated carbocycles. The number of nitrogens with zero attached hydrogens (tertiary/aromatic N) is 5. The molecule has 9 nitrogen and oxygen atoms in total. The molecule has 0 spiro atoms. The van der Waals surface area contributed by atoms with Gasteiger partial charge in [-0.3, -0.25) is 9.55 Å². The van der Waals surface area contributed by atoms with Gasteiger partial charge in [-0.05, 0) is 29.8 Å². The lowest BCUT2D eigenvalue weighted by molar-refractivity contribution is 0.411. The van der Waals surface area contributed by atoms with Crippen molar-refractivity contribution in [2.24, 2.45) is 0 Å². The molecule has 2 heterocycles. The van der Waals surface area contributed by atoms with Gasteiger partial charge in [0.05, 0.1) is 36.8 Å². The number of hydrogen-bond donors (Lipinski definition) is 1. The summed E-state index contributed by atoms with van der Waals surface area (Å²) in [5, 5.41) is 13.2. The fourth-order valence-electron chi connectivity index (χ4n) is 4.00. The number of pyridine rings is 1. The van der Waals surface area contributed by atoms with E-state index >= 15 is 0 Å². The highest BCUT2D eigenvalue weighted by atomic mass is 19.1. The van der Waals surface area contributed by atoms with Gasteiger partial charge >= 0.3 is 11.4 Å². The van der Waals surface area contributed by atoms with Crippen LogP contribution < -0.4 is 21.4 Å². The molecule has 0 aliphatic carbocycles. The minimum absolute atomic E-state index is 0.0627. The molecule has 0 aliphatic heterocycles. The fraction of sp³-hybridized carbons (Fsp3) is 0.0741. The highest BCUT2D eigenvalue weighted by Crippen LogP contribution is 2.24. The smallest absolute Gasteiger partial charge is 0.359 e. The first kappa shape index (κ1) is 24.3. The molecule has 5 rings (SSSR count). The van der Waals surface area contributed by atoms with Gasteiger partial charge in [0.1, 0.15) is 23.5 Å². The Morgan fingerprint density at radius 2 is 1.84 bits per heavy atom. The number of rotatable bonds is 6. The highest BCUT2D eigenvalue weighted by Gasteiger charge is 2.19. The largest absolute Gasteiger partial charge is 0.497 e. The normalized spacial score (nSPS) is 10.8. The third-order valence-electron chi connectivity index (χ3n) is 5.87. The molecule has 188 valence electrons. The van der Waals surface area contributed by atoms with Crippen molar-refractivity contribution in [3.63, 3.8) is 0 Å². The summed E-state index contributed by atoms with van der Waals surface area (Å²) in [6.45, 7) is -0.209. The molecular weight excluding hydrogens is 494 g/mol. The number of fused-ring (bicyclic) bond motifs is 1. The number of ether oxygens (including phenoxy) is 1. The zero-order chi connectivity index (χ0) is 26.8. The molecule has 0 amide bonds. The van der Waals surface area contributed by atoms with Gasteiger partial charge < -0.3 is 10.1 Å². The van der Waals surface area contributed by atoms with Gasteiger partial charge in [0, 0.05) is 23.0 Å². The Kier molecular flexibility index (Phi) is 6.37. The molecule has 2 aromatic heterocycles. The molecule has 0 unspecified atom stereocenters. The molecule has 0 bridgehead atoms. The molecular formula is C27H18F2N6O3. The van der Waals surface area contributed by atoms with Gasteiger partial charge in [-0.25, -0.2) is 22.9 Å². The van der Waals surface area contributed by atoms with E-state index in [4.69, 9.17) is 4.74 Å². The van der Waals surface area contributed by atoms with E-state index in [1.807, 2.05) is 0 Å². The summed E-state index contributed by atoms with van der Waals surface area (Å²) in [7, 11) is 1.39. The monoisotopic (exact) mass is 512 g/mol. The lowest BCUT2D eigenvalue weighted by Gasteiger charge is -2.17. The highest BCUT2D eigenvalue weighted by molar-refractivity contribution is 5.89. The van der Waals surface area contributed by atoms with Crippen molar-refractivity contribution in [1.82, 2.24) is 19.1 Å². The maximum Gasteiger partial charge on any atom is 0.359 e. The van der Waals surface area contributed by atoms with E-state index in [2.05, 4.69) is 15.3 Å². The Morgan fingerprint density at radius 3 is 2.61 bits per heavy atom. The predicted molar refractivity (Wildman–Crippen MR) is 136 cm³/mol. The Morgan fingerprint density at radius 1 is 1.03 bits per heavy atom. The van der Waals surface area contributed by atoms with Crippen molar-refractivity contribution in [3.05, 3.63) is 117 Å². The van der Waals surface area contributed by atoms with E-state index in [-0.39, 0.29) is 35.2 Å². The molecule has 38 heavy (non-hydrogen) atoms. The van der Waals surface area contributed by atoms with Crippen LogP contribution in [0.5, 0.6) is 5.75 Å². The van der Waals surface area contributed by atoms with Crippen LogP contribution in [0.25, 0.3) is 16.5 Å². The van der Waals surface area contributed by atoms with E-state index in [9.17, 15) is 23.6 Å². The number of halogens is 2. The number of anilines is 2. The molecule has 11 heteroatoms. The van der Waals surface area contributed by atoms with E-state index in [0.717, 1.165) is 21.3 Å². The van der Waals surface area contributed by atoms with E-state index in [1.165, 1.54) is 37.6 Å². The lowest BCUT2D eigenvalue weighted by atomic mass is 10.1. The maximum absolute atomic E-state index is 14.7. The second-order valence-corrected chi connectivity index (χ2v) is 8.20. The van der Waals surface area contributed by atoms with Crippen molar-refractivity contribution >= 4 is 22.4 Å². The van der Waals surface area contributed by atoms with E-state index in [1.54, 1.807) is 36.5 Å². The second kappa shape index (κ2) is 9.94. The topological polar surface area (TPSA) is 115 Å². The Balaban J connectivity index is 1.72. The molecule has 0 fully saturated rings. The maximum atomic E-state index is 14.7. The Hall–Kier alpha value is -5.37. The molecule has 0 aliphatic rings. The number of benzene rings is 3. The summed E-state index contributed by atoms with van der Waals surface area (Å²) >= 11 is 0. The SMILES string of the molecule is COc1ccc(Nc2nc(=O)n(-c3cncc4ccccc34)c(=O)n2Cc2ccc(F)c(C#N)c2)c(F)c1. The third-order valence-corrected chi connectivity index (χ3v) is 5.87. The number of nitriles is 1. The minimum atomic E-state index is -0.919. The summed E-state index contributed by atoms with van der Waals surface area (Å²) in [6.07, 6.45) is 2.97. The molecule has 0 saturated heterocycles. The Labute approximate surface area is 213 Å². The van der Waals surface area contributed by atoms with Crippen LogP contribution in [0.3, 0.4) is 0 Å². The van der Waals surface area contributed by atoms with Gasteiger partial charge in [-0.1, -0.05) is 30.3 Å². The number of methoxy groups -OCH3 is 1. The Bertz CT molecular complexity index is 1850. The van der Waals surface area contributed by atoms with Crippen molar-refractivity contribution in [2.75, 3.05) is 12.4 Å². The first-order chi connectivity index (χ1) is 18.4. The number of hydrogen-bond acceptors (Lipinski definition) is 7. The number of nitrogens with one attached hydrogen (secondary N) is 1. The molecule has 0 radical (unpaired) electrons. The molecule has 3 aromatic carbocycles. The van der Waals surface area contributed by atoms with Crippen LogP contribution in [-0.2, 0) is 6.54 Å². The first-order valence-corrected chi connectivity index (χ1v) is 11.3. The minimum Gasteiger partial charge on any atom is -0.497 e. The van der Waals surface area contributed by atoms with Gasteiger partial charge in [-0.15, -0.1) is 0 Å². The van der Waals surface area contributed by atoms with Crippen LogP contribution in [0.1, 0.15) is 11.1 Å². The van der Waals surface area contributed by atoms with E-state index in [0.29, 0.717) is 16.3 Å². The van der Waals surface area contributed by atoms with Crippen LogP contribution in [0.4, 0.5) is 20.4 Å². The first-order valence-electron chi connectivity index (χ1n) is 11.3. The third kappa shape index (κ3) is 4.46. The second-order valence-electron chi connectivity index (χ2n) is 8.20. The van der Waals surface area contributed by atoms with Gasteiger partial charge in [0.2, 0.25) is 5.95 Å². The average molecular weight is 512 g/mol. The van der Waals surface area contributed by atoms with Crippen molar-refractivity contribution in [2.45, 2.75) is 6.54 Å². The molecule has 0 atom stereocenters. The summed E-state index contributed by atoms with van der Waals surface area (Å²) in [5.41, 5.74) is -1.41. The van der Waals surface area contributed by atoms with Crippen molar-refractivity contribution < 1.29 is 13.5 Å². The molecule has 1 N–H and O–H groups in total. The standard InChI is InChI=1S/C27H18F2N6O3/c1-38-19-7-9-23(22(29)11-19)32-25-33-26(36)35(24-14-31-13-17-4-2-3-5-20(17)24)27(37)34(25)15-16-6-8-21(28)18(10-16)12-30/h2-11,13-14H,15H2,1H3,(H,32,33,36). The zero-order valence-corrected chi connectivity index (χ0v) is 19.9. The summed E-state index contributed by atoms with van der Waals surface area (Å²) in [6, 6.07) is 16.6. The van der Waals surface area contributed by atoms with Crippen LogP contribution >= 0.6 is 0 Å². The van der Waals surface area contributed by atoms with Gasteiger partial charge in [0.15, 0.2) is 0 Å². The number of aromatic nitrogens is 4. The average Bonchev–Trinajstić information content (AvgIpc) is 2.92. The lowest BCUT2D eigenvalue weighted by Crippen LogP contribution is -2.42. The summed E-state index contributed by atoms with van der Waals surface area (Å²) < 4.78 is 35.6. The summed E-state index contributed by atoms with van der Waals surface area (Å²) in [5.74, 6) is -1.41.